The number of benzene rings is 5. The van der Waals surface area contributed by atoms with Crippen LogP contribution in [0, 0.1) is 0 Å². The van der Waals surface area contributed by atoms with E-state index in [-0.39, 0.29) is 51.0 Å². The molecule has 5 aromatic rings. The third-order valence-electron chi connectivity index (χ3n) is 7.35. The van der Waals surface area contributed by atoms with Gasteiger partial charge in [-0.2, -0.15) is 0 Å². The predicted molar refractivity (Wildman–Crippen MR) is 151 cm³/mol. The number of hydrogen-bond acceptors (Lipinski definition) is 8. The third-order valence-corrected chi connectivity index (χ3v) is 7.35. The van der Waals surface area contributed by atoms with Crippen LogP contribution in [0.25, 0.3) is 0 Å². The van der Waals surface area contributed by atoms with Gasteiger partial charge in [0.1, 0.15) is 23.0 Å². The summed E-state index contributed by atoms with van der Waals surface area (Å²) in [7, 11) is 0. The van der Waals surface area contributed by atoms with Crippen LogP contribution in [0.5, 0.6) is 23.0 Å². The standard InChI is InChI=1S/C20H14O4.C14H8O4/c21-15-9-5-13(6-10-15)20(14-7-11-16(22)12-8-14)18-4-2-1-3-17(18)19(23)24-20;15-9-5-1-3-7-11(9)14(18)12-8(13(7)17)4-2-6-10(12)16/h1-12,21-22H;1-6,15-16H. The molecule has 0 radical (unpaired) electrons. The minimum atomic E-state index is -1.10. The zero-order valence-corrected chi connectivity index (χ0v) is 21.8. The van der Waals surface area contributed by atoms with Gasteiger partial charge in [-0.05, 0) is 42.5 Å². The van der Waals surface area contributed by atoms with Crippen molar-refractivity contribution in [2.75, 3.05) is 0 Å². The lowest BCUT2D eigenvalue weighted by molar-refractivity contribution is 0.0251. The van der Waals surface area contributed by atoms with Crippen molar-refractivity contribution in [2.24, 2.45) is 0 Å². The molecule has 0 saturated carbocycles. The zero-order valence-electron chi connectivity index (χ0n) is 21.8. The van der Waals surface area contributed by atoms with Crippen LogP contribution in [0.4, 0.5) is 0 Å². The first-order chi connectivity index (χ1) is 20.2. The van der Waals surface area contributed by atoms with Crippen LogP contribution in [0.15, 0.2) is 109 Å². The molecule has 0 bridgehead atoms. The highest BCUT2D eigenvalue weighted by Crippen LogP contribution is 2.47. The summed E-state index contributed by atoms with van der Waals surface area (Å²) in [5, 5.41) is 38.6. The number of carbonyl (C=O) groups is 3. The number of cyclic esters (lactones) is 1. The number of ether oxygens (including phenoxy) is 1. The number of aromatic hydroxyl groups is 4. The predicted octanol–water partition coefficient (Wildman–Crippen LogP) is 5.43. The van der Waals surface area contributed by atoms with Gasteiger partial charge in [-0.15, -0.1) is 0 Å². The van der Waals surface area contributed by atoms with E-state index in [1.165, 1.54) is 36.4 Å². The van der Waals surface area contributed by atoms with Crippen LogP contribution in [-0.4, -0.2) is 38.0 Å². The van der Waals surface area contributed by atoms with Crippen molar-refractivity contribution in [3.63, 3.8) is 0 Å². The summed E-state index contributed by atoms with van der Waals surface area (Å²) >= 11 is 0. The molecule has 206 valence electrons. The maximum atomic E-state index is 12.4. The fourth-order valence-corrected chi connectivity index (χ4v) is 5.41. The molecule has 0 spiro atoms. The van der Waals surface area contributed by atoms with E-state index < -0.39 is 17.4 Å². The fraction of sp³-hybridized carbons (Fsp3) is 0.0294. The number of ketones is 2. The maximum Gasteiger partial charge on any atom is 0.340 e. The number of hydrogen-bond donors (Lipinski definition) is 4. The Kier molecular flexibility index (Phi) is 6.23. The van der Waals surface area contributed by atoms with Gasteiger partial charge < -0.3 is 25.2 Å². The van der Waals surface area contributed by atoms with Gasteiger partial charge in [0, 0.05) is 27.8 Å². The summed E-state index contributed by atoms with van der Waals surface area (Å²) in [5.74, 6) is -1.53. The summed E-state index contributed by atoms with van der Waals surface area (Å²) in [4.78, 5) is 36.8. The van der Waals surface area contributed by atoms with Gasteiger partial charge in [0.15, 0.2) is 11.4 Å². The number of phenols is 4. The van der Waals surface area contributed by atoms with Crippen LogP contribution < -0.4 is 0 Å². The number of phenolic OH excluding ortho intramolecular Hbond substituents is 4. The topological polar surface area (TPSA) is 141 Å². The molecule has 1 heterocycles. The summed E-state index contributed by atoms with van der Waals surface area (Å²) < 4.78 is 5.87. The number of esters is 1. The van der Waals surface area contributed by atoms with Gasteiger partial charge in [-0.1, -0.05) is 66.7 Å². The van der Waals surface area contributed by atoms with E-state index in [0.29, 0.717) is 5.56 Å². The Labute approximate surface area is 239 Å². The molecule has 8 heteroatoms. The molecular weight excluding hydrogens is 536 g/mol. The van der Waals surface area contributed by atoms with Gasteiger partial charge in [0.25, 0.3) is 0 Å². The van der Waals surface area contributed by atoms with Gasteiger partial charge in [-0.3, -0.25) is 9.59 Å². The van der Waals surface area contributed by atoms with Crippen LogP contribution in [-0.2, 0) is 10.3 Å². The van der Waals surface area contributed by atoms with E-state index in [2.05, 4.69) is 0 Å². The summed E-state index contributed by atoms with van der Waals surface area (Å²) in [6.45, 7) is 0. The first-order valence-electron chi connectivity index (χ1n) is 12.9. The Balaban J connectivity index is 0.000000157. The minimum absolute atomic E-state index is 0.0449. The first-order valence-corrected chi connectivity index (χ1v) is 12.9. The molecule has 0 aromatic heterocycles. The minimum Gasteiger partial charge on any atom is -0.508 e. The number of rotatable bonds is 2. The second-order valence-electron chi connectivity index (χ2n) is 9.77. The highest BCUT2D eigenvalue weighted by Gasteiger charge is 2.48. The zero-order chi connectivity index (χ0) is 29.6. The monoisotopic (exact) mass is 558 g/mol. The second kappa shape index (κ2) is 9.94. The fourth-order valence-electron chi connectivity index (χ4n) is 5.41. The van der Waals surface area contributed by atoms with Crippen molar-refractivity contribution >= 4 is 17.5 Å². The quantitative estimate of drug-likeness (QED) is 0.206. The molecule has 2 aliphatic rings. The lowest BCUT2D eigenvalue weighted by Gasteiger charge is -2.30. The van der Waals surface area contributed by atoms with Gasteiger partial charge in [0.05, 0.1) is 16.7 Å². The highest BCUT2D eigenvalue weighted by molar-refractivity contribution is 6.30. The van der Waals surface area contributed by atoms with Crippen molar-refractivity contribution < 1.29 is 39.5 Å². The summed E-state index contributed by atoms with van der Waals surface area (Å²) in [5.41, 5.74) is 1.84. The Morgan fingerprint density at radius 3 is 1.43 bits per heavy atom. The molecule has 7 rings (SSSR count). The SMILES string of the molecule is O=C1OC(c2ccc(O)cc2)(c2ccc(O)cc2)c2ccccc21.O=C1c2cccc(O)c2C(=O)c2c(O)cccc21. The average Bonchev–Trinajstić information content (AvgIpc) is 3.30. The van der Waals surface area contributed by atoms with Crippen LogP contribution in [0.3, 0.4) is 0 Å². The molecule has 0 atom stereocenters. The molecule has 42 heavy (non-hydrogen) atoms. The smallest absolute Gasteiger partial charge is 0.340 e. The Bertz CT molecular complexity index is 1790. The molecular formula is C34H22O8. The van der Waals surface area contributed by atoms with E-state index >= 15 is 0 Å². The summed E-state index contributed by atoms with van der Waals surface area (Å²) in [6, 6.07) is 29.1. The van der Waals surface area contributed by atoms with Crippen molar-refractivity contribution in [1.29, 1.82) is 0 Å². The highest BCUT2D eigenvalue weighted by atomic mass is 16.6. The molecule has 5 aromatic carbocycles. The Morgan fingerprint density at radius 2 is 0.929 bits per heavy atom. The van der Waals surface area contributed by atoms with E-state index in [9.17, 15) is 34.8 Å². The van der Waals surface area contributed by atoms with Gasteiger partial charge in [-0.25, -0.2) is 4.79 Å². The first kappa shape index (κ1) is 26.3. The lowest BCUT2D eigenvalue weighted by Crippen LogP contribution is -2.29. The maximum absolute atomic E-state index is 12.4. The summed E-state index contributed by atoms with van der Waals surface area (Å²) in [6.07, 6.45) is 0. The van der Waals surface area contributed by atoms with Crippen molar-refractivity contribution in [3.05, 3.63) is 154 Å². The van der Waals surface area contributed by atoms with Crippen LogP contribution in [0.2, 0.25) is 0 Å². The molecule has 1 aliphatic carbocycles. The van der Waals surface area contributed by atoms with Crippen molar-refractivity contribution in [1.82, 2.24) is 0 Å². The van der Waals surface area contributed by atoms with E-state index in [0.717, 1.165) is 16.7 Å². The van der Waals surface area contributed by atoms with Gasteiger partial charge >= 0.3 is 5.97 Å². The Morgan fingerprint density at radius 1 is 0.476 bits per heavy atom. The largest absolute Gasteiger partial charge is 0.508 e. The number of carbonyl (C=O) groups excluding carboxylic acids is 3. The molecule has 0 unspecified atom stereocenters. The second-order valence-corrected chi connectivity index (χ2v) is 9.77. The molecule has 0 amide bonds. The molecule has 0 fully saturated rings. The van der Waals surface area contributed by atoms with E-state index in [1.807, 2.05) is 12.1 Å². The molecule has 8 nitrogen and oxygen atoms in total. The van der Waals surface area contributed by atoms with Gasteiger partial charge in [0.2, 0.25) is 5.78 Å². The van der Waals surface area contributed by atoms with Crippen molar-refractivity contribution in [2.45, 2.75) is 5.60 Å². The lowest BCUT2D eigenvalue weighted by atomic mass is 9.80. The van der Waals surface area contributed by atoms with Crippen molar-refractivity contribution in [3.8, 4) is 23.0 Å². The normalized spacial score (nSPS) is 14.1. The third kappa shape index (κ3) is 4.05. The molecule has 4 N–H and O–H groups in total. The Hall–Kier alpha value is -5.89. The van der Waals surface area contributed by atoms with E-state index in [1.54, 1.807) is 60.7 Å². The van der Waals surface area contributed by atoms with Crippen LogP contribution in [0.1, 0.15) is 58.9 Å². The molecule has 1 aliphatic heterocycles. The number of fused-ring (bicyclic) bond motifs is 3. The molecule has 0 saturated heterocycles. The average molecular weight is 559 g/mol. The van der Waals surface area contributed by atoms with Crippen LogP contribution >= 0.6 is 0 Å². The van der Waals surface area contributed by atoms with E-state index in [4.69, 9.17) is 4.74 Å².